The van der Waals surface area contributed by atoms with Crippen LogP contribution in [0.5, 0.6) is 0 Å². The summed E-state index contributed by atoms with van der Waals surface area (Å²) in [7, 11) is 0. The lowest BCUT2D eigenvalue weighted by Gasteiger charge is -2.45. The third kappa shape index (κ3) is 2.04. The van der Waals surface area contributed by atoms with E-state index < -0.39 is 5.60 Å². The van der Waals surface area contributed by atoms with Gasteiger partial charge in [0.05, 0.1) is 24.6 Å². The molecule has 0 aromatic heterocycles. The second kappa shape index (κ2) is 3.73. The first kappa shape index (κ1) is 11.4. The lowest BCUT2D eigenvalue weighted by atomic mass is 9.94. The molecule has 1 unspecified atom stereocenters. The van der Waals surface area contributed by atoms with E-state index in [0.29, 0.717) is 26.2 Å². The highest BCUT2D eigenvalue weighted by atomic mass is 16.3. The molecular weight excluding hydrogens is 208 g/mol. The molecule has 0 aromatic carbocycles. The van der Waals surface area contributed by atoms with Crippen molar-refractivity contribution in [3.05, 3.63) is 0 Å². The summed E-state index contributed by atoms with van der Waals surface area (Å²) in [5.74, 6) is 0.0428. The van der Waals surface area contributed by atoms with Gasteiger partial charge >= 0.3 is 0 Å². The Labute approximate surface area is 95.0 Å². The summed E-state index contributed by atoms with van der Waals surface area (Å²) < 4.78 is 0. The number of amides is 2. The zero-order chi connectivity index (χ0) is 11.9. The number of aliphatic hydroxyl groups is 1. The predicted molar refractivity (Wildman–Crippen MR) is 57.6 cm³/mol. The van der Waals surface area contributed by atoms with E-state index in [0.717, 1.165) is 6.42 Å². The molecule has 2 aliphatic heterocycles. The highest BCUT2D eigenvalue weighted by molar-refractivity contribution is 5.82. The van der Waals surface area contributed by atoms with Crippen molar-refractivity contribution in [2.75, 3.05) is 26.2 Å². The first-order valence-corrected chi connectivity index (χ1v) is 5.66. The number of rotatable bonds is 1. The monoisotopic (exact) mass is 226 g/mol. The maximum Gasteiger partial charge on any atom is 0.227 e. The van der Waals surface area contributed by atoms with Crippen LogP contribution in [0.25, 0.3) is 0 Å². The van der Waals surface area contributed by atoms with Gasteiger partial charge in [-0.2, -0.15) is 0 Å². The van der Waals surface area contributed by atoms with Crippen molar-refractivity contribution in [2.24, 2.45) is 5.92 Å². The molecule has 5 nitrogen and oxygen atoms in total. The van der Waals surface area contributed by atoms with Gasteiger partial charge in [0.2, 0.25) is 11.8 Å². The molecule has 0 aromatic rings. The topological polar surface area (TPSA) is 60.9 Å². The zero-order valence-corrected chi connectivity index (χ0v) is 9.77. The van der Waals surface area contributed by atoms with E-state index in [1.807, 2.05) is 0 Å². The fraction of sp³-hybridized carbons (Fsp3) is 0.818. The fourth-order valence-corrected chi connectivity index (χ4v) is 2.44. The van der Waals surface area contributed by atoms with Crippen molar-refractivity contribution in [3.8, 4) is 0 Å². The molecule has 1 atom stereocenters. The normalized spacial score (nSPS) is 27.8. The van der Waals surface area contributed by atoms with Crippen molar-refractivity contribution in [1.29, 1.82) is 0 Å². The molecule has 2 saturated heterocycles. The summed E-state index contributed by atoms with van der Waals surface area (Å²) in [6, 6.07) is 0. The van der Waals surface area contributed by atoms with Gasteiger partial charge in [-0.05, 0) is 13.3 Å². The summed E-state index contributed by atoms with van der Waals surface area (Å²) in [5.41, 5.74) is -0.714. The van der Waals surface area contributed by atoms with Crippen LogP contribution in [-0.2, 0) is 9.59 Å². The molecule has 0 bridgehead atoms. The zero-order valence-electron chi connectivity index (χ0n) is 9.77. The highest BCUT2D eigenvalue weighted by Crippen LogP contribution is 2.25. The van der Waals surface area contributed by atoms with Crippen LogP contribution >= 0.6 is 0 Å². The van der Waals surface area contributed by atoms with Gasteiger partial charge in [-0.15, -0.1) is 0 Å². The SMILES string of the molecule is CC(=O)N1CCC(C(=O)N2CC(C)(O)C2)C1. The van der Waals surface area contributed by atoms with Gasteiger partial charge in [0.15, 0.2) is 0 Å². The number of carbonyl (C=O) groups excluding carboxylic acids is 2. The van der Waals surface area contributed by atoms with Crippen LogP contribution < -0.4 is 0 Å². The van der Waals surface area contributed by atoms with Crippen LogP contribution in [0.15, 0.2) is 0 Å². The third-order valence-corrected chi connectivity index (χ3v) is 3.36. The van der Waals surface area contributed by atoms with E-state index in [2.05, 4.69) is 0 Å². The Balaban J connectivity index is 1.86. The van der Waals surface area contributed by atoms with E-state index >= 15 is 0 Å². The Bertz CT molecular complexity index is 319. The molecular formula is C11H18N2O3. The van der Waals surface area contributed by atoms with Crippen molar-refractivity contribution in [3.63, 3.8) is 0 Å². The molecule has 1 N–H and O–H groups in total. The molecule has 16 heavy (non-hydrogen) atoms. The van der Waals surface area contributed by atoms with E-state index in [9.17, 15) is 14.7 Å². The van der Waals surface area contributed by atoms with E-state index in [1.54, 1.807) is 16.7 Å². The van der Waals surface area contributed by atoms with Gasteiger partial charge in [-0.1, -0.05) is 0 Å². The minimum absolute atomic E-state index is 0.0332. The Hall–Kier alpha value is -1.10. The maximum atomic E-state index is 12.0. The van der Waals surface area contributed by atoms with Gasteiger partial charge in [-0.3, -0.25) is 9.59 Å². The average Bonchev–Trinajstić information content (AvgIpc) is 2.61. The third-order valence-electron chi connectivity index (χ3n) is 3.36. The Morgan fingerprint density at radius 2 is 1.94 bits per heavy atom. The first-order valence-electron chi connectivity index (χ1n) is 5.66. The van der Waals surface area contributed by atoms with E-state index in [1.165, 1.54) is 6.92 Å². The lowest BCUT2D eigenvalue weighted by molar-refractivity contribution is -0.156. The molecule has 0 saturated carbocycles. The van der Waals surface area contributed by atoms with Gasteiger partial charge in [-0.25, -0.2) is 0 Å². The minimum Gasteiger partial charge on any atom is -0.386 e. The van der Waals surface area contributed by atoms with Gasteiger partial charge in [0.25, 0.3) is 0 Å². The smallest absolute Gasteiger partial charge is 0.227 e. The van der Waals surface area contributed by atoms with Gasteiger partial charge in [0, 0.05) is 20.0 Å². The second-order valence-electron chi connectivity index (χ2n) is 5.14. The number of hydrogen-bond acceptors (Lipinski definition) is 3. The maximum absolute atomic E-state index is 12.0. The second-order valence-corrected chi connectivity index (χ2v) is 5.14. The molecule has 2 aliphatic rings. The average molecular weight is 226 g/mol. The molecule has 0 aliphatic carbocycles. The van der Waals surface area contributed by atoms with E-state index in [-0.39, 0.29) is 17.7 Å². The fourth-order valence-electron chi connectivity index (χ4n) is 2.44. The summed E-state index contributed by atoms with van der Waals surface area (Å²) in [4.78, 5) is 26.5. The standard InChI is InChI=1S/C11H18N2O3/c1-8(14)12-4-3-9(5-12)10(15)13-6-11(2,16)7-13/h9,16H,3-7H2,1-2H3. The molecule has 5 heteroatoms. The lowest BCUT2D eigenvalue weighted by Crippen LogP contribution is -2.63. The quantitative estimate of drug-likeness (QED) is 0.652. The summed E-state index contributed by atoms with van der Waals surface area (Å²) >= 11 is 0. The summed E-state index contributed by atoms with van der Waals surface area (Å²) in [6.45, 7) is 5.31. The number of likely N-dealkylation sites (tertiary alicyclic amines) is 2. The van der Waals surface area contributed by atoms with Crippen LogP contribution in [0.1, 0.15) is 20.3 Å². The molecule has 0 spiro atoms. The van der Waals surface area contributed by atoms with Crippen molar-refractivity contribution in [2.45, 2.75) is 25.9 Å². The Kier molecular flexibility index (Phi) is 2.66. The Morgan fingerprint density at radius 3 is 2.38 bits per heavy atom. The highest BCUT2D eigenvalue weighted by Gasteiger charge is 2.43. The number of nitrogens with zero attached hydrogens (tertiary/aromatic N) is 2. The molecule has 2 fully saturated rings. The first-order chi connectivity index (χ1) is 7.39. The predicted octanol–water partition coefficient (Wildman–Crippen LogP) is -0.552. The van der Waals surface area contributed by atoms with Gasteiger partial charge in [0.1, 0.15) is 0 Å². The van der Waals surface area contributed by atoms with Crippen molar-refractivity contribution >= 4 is 11.8 Å². The summed E-state index contributed by atoms with van der Waals surface area (Å²) in [6.07, 6.45) is 0.747. The number of hydrogen-bond donors (Lipinski definition) is 1. The van der Waals surface area contributed by atoms with E-state index in [4.69, 9.17) is 0 Å². The minimum atomic E-state index is -0.714. The molecule has 2 heterocycles. The van der Waals surface area contributed by atoms with Gasteiger partial charge < -0.3 is 14.9 Å². The largest absolute Gasteiger partial charge is 0.386 e. The summed E-state index contributed by atoms with van der Waals surface area (Å²) in [5, 5.41) is 9.56. The molecule has 2 rings (SSSR count). The van der Waals surface area contributed by atoms with Crippen molar-refractivity contribution in [1.82, 2.24) is 9.80 Å². The van der Waals surface area contributed by atoms with Crippen LogP contribution in [0.3, 0.4) is 0 Å². The van der Waals surface area contributed by atoms with Crippen molar-refractivity contribution < 1.29 is 14.7 Å². The van der Waals surface area contributed by atoms with Crippen LogP contribution in [0, 0.1) is 5.92 Å². The molecule has 0 radical (unpaired) electrons. The van der Waals surface area contributed by atoms with Crippen LogP contribution in [0.4, 0.5) is 0 Å². The Morgan fingerprint density at radius 1 is 1.31 bits per heavy atom. The molecule has 90 valence electrons. The number of carbonyl (C=O) groups is 2. The number of β-amino-alcohol motifs (C(OH)–C–C–N with tert-alkyl or cyclic N) is 1. The van der Waals surface area contributed by atoms with Crippen LogP contribution in [-0.4, -0.2) is 58.5 Å². The molecule has 2 amide bonds. The van der Waals surface area contributed by atoms with Crippen LogP contribution in [0.2, 0.25) is 0 Å².